The van der Waals surface area contributed by atoms with Crippen LogP contribution >= 0.6 is 11.8 Å². The Labute approximate surface area is 196 Å². The lowest BCUT2D eigenvalue weighted by atomic mass is 10.2. The fourth-order valence-corrected chi connectivity index (χ4v) is 3.63. The van der Waals surface area contributed by atoms with Gasteiger partial charge in [-0.15, -0.1) is 16.8 Å². The van der Waals surface area contributed by atoms with Crippen LogP contribution in [0.5, 0.6) is 11.5 Å². The number of anilines is 1. The number of allylic oxidation sites excluding steroid dienone is 1. The first kappa shape index (κ1) is 23.9. The molecule has 0 radical (unpaired) electrons. The highest BCUT2D eigenvalue weighted by molar-refractivity contribution is 7.99. The lowest BCUT2D eigenvalue weighted by Crippen LogP contribution is -2.20. The molecule has 0 atom stereocenters. The van der Waals surface area contributed by atoms with Gasteiger partial charge in [0.25, 0.3) is 5.91 Å². The van der Waals surface area contributed by atoms with Crippen molar-refractivity contribution in [2.24, 2.45) is 5.10 Å². The van der Waals surface area contributed by atoms with Crippen LogP contribution in [-0.4, -0.2) is 46.9 Å². The molecule has 33 heavy (non-hydrogen) atoms. The third-order valence-corrected chi connectivity index (χ3v) is 5.46. The standard InChI is InChI=1S/C23H26N6O3S/c1-4-12-29-21(15-24-18-8-6-5-7-9-18)26-28-23(29)33-16-22(30)27-25-14-17-10-11-19(31-2)13-20(17)32-3/h4-11,13-14,24H,1,12,15-16H2,2-3H3,(H,27,30)/b25-14+. The second-order valence-corrected chi connectivity index (χ2v) is 7.65. The molecular weight excluding hydrogens is 440 g/mol. The SMILES string of the molecule is C=CCn1c(CNc2ccccc2)nnc1SCC(=O)N/N=C/c1ccc(OC)cc1OC. The zero-order valence-electron chi connectivity index (χ0n) is 18.5. The summed E-state index contributed by atoms with van der Waals surface area (Å²) in [6, 6.07) is 15.2. The molecule has 2 aromatic carbocycles. The third kappa shape index (κ3) is 6.84. The summed E-state index contributed by atoms with van der Waals surface area (Å²) in [5, 5.41) is 16.5. The maximum atomic E-state index is 12.3. The number of methoxy groups -OCH3 is 2. The lowest BCUT2D eigenvalue weighted by molar-refractivity contribution is -0.118. The molecule has 0 fully saturated rings. The fourth-order valence-electron chi connectivity index (χ4n) is 2.87. The number of nitrogens with one attached hydrogen (secondary N) is 2. The number of nitrogens with zero attached hydrogens (tertiary/aromatic N) is 4. The van der Waals surface area contributed by atoms with E-state index in [1.54, 1.807) is 38.5 Å². The van der Waals surface area contributed by atoms with Gasteiger partial charge in [0.05, 0.1) is 32.7 Å². The molecule has 0 spiro atoms. The minimum atomic E-state index is -0.263. The van der Waals surface area contributed by atoms with Gasteiger partial charge in [-0.25, -0.2) is 5.43 Å². The van der Waals surface area contributed by atoms with E-state index in [0.717, 1.165) is 11.5 Å². The van der Waals surface area contributed by atoms with Gasteiger partial charge in [0, 0.05) is 23.9 Å². The largest absolute Gasteiger partial charge is 0.497 e. The van der Waals surface area contributed by atoms with Gasteiger partial charge in [0.1, 0.15) is 11.5 Å². The van der Waals surface area contributed by atoms with Crippen LogP contribution in [-0.2, 0) is 17.9 Å². The van der Waals surface area contributed by atoms with Gasteiger partial charge in [0.15, 0.2) is 11.0 Å². The minimum absolute atomic E-state index is 0.137. The number of hydrogen-bond acceptors (Lipinski definition) is 8. The Hall–Kier alpha value is -3.79. The van der Waals surface area contributed by atoms with E-state index in [1.165, 1.54) is 18.0 Å². The fraction of sp³-hybridized carbons (Fsp3) is 0.217. The van der Waals surface area contributed by atoms with E-state index >= 15 is 0 Å². The van der Waals surface area contributed by atoms with Crippen molar-refractivity contribution in [1.29, 1.82) is 0 Å². The van der Waals surface area contributed by atoms with E-state index < -0.39 is 0 Å². The van der Waals surface area contributed by atoms with Gasteiger partial charge >= 0.3 is 0 Å². The Morgan fingerprint density at radius 1 is 1.18 bits per heavy atom. The van der Waals surface area contributed by atoms with Crippen LogP contribution < -0.4 is 20.2 Å². The number of para-hydroxylation sites is 1. The third-order valence-electron chi connectivity index (χ3n) is 4.50. The first-order chi connectivity index (χ1) is 16.1. The van der Waals surface area contributed by atoms with Crippen molar-refractivity contribution in [2.75, 3.05) is 25.3 Å². The summed E-state index contributed by atoms with van der Waals surface area (Å²) in [6.45, 7) is 4.85. The molecule has 0 aliphatic rings. The van der Waals surface area contributed by atoms with Gasteiger partial charge in [-0.2, -0.15) is 5.10 Å². The molecule has 10 heteroatoms. The maximum Gasteiger partial charge on any atom is 0.250 e. The van der Waals surface area contributed by atoms with Crippen molar-refractivity contribution in [3.05, 3.63) is 72.6 Å². The summed E-state index contributed by atoms with van der Waals surface area (Å²) in [4.78, 5) is 12.3. The van der Waals surface area contributed by atoms with Gasteiger partial charge in [0.2, 0.25) is 0 Å². The Kier molecular flexibility index (Phi) is 8.89. The predicted octanol–water partition coefficient (Wildman–Crippen LogP) is 3.34. The molecule has 0 aliphatic carbocycles. The highest BCUT2D eigenvalue weighted by Crippen LogP contribution is 2.23. The molecule has 3 rings (SSSR count). The Morgan fingerprint density at radius 3 is 2.73 bits per heavy atom. The van der Waals surface area contributed by atoms with Crippen LogP contribution in [0.2, 0.25) is 0 Å². The van der Waals surface area contributed by atoms with Crippen LogP contribution in [0.4, 0.5) is 5.69 Å². The number of ether oxygens (including phenoxy) is 2. The minimum Gasteiger partial charge on any atom is -0.497 e. The number of rotatable bonds is 12. The van der Waals surface area contributed by atoms with Gasteiger partial charge in [-0.05, 0) is 24.3 Å². The molecule has 172 valence electrons. The highest BCUT2D eigenvalue weighted by atomic mass is 32.2. The van der Waals surface area contributed by atoms with Crippen molar-refractivity contribution in [3.63, 3.8) is 0 Å². The van der Waals surface area contributed by atoms with Gasteiger partial charge in [-0.1, -0.05) is 36.0 Å². The van der Waals surface area contributed by atoms with Crippen molar-refractivity contribution < 1.29 is 14.3 Å². The Bertz CT molecular complexity index is 1100. The summed E-state index contributed by atoms with van der Waals surface area (Å²) < 4.78 is 12.4. The highest BCUT2D eigenvalue weighted by Gasteiger charge is 2.13. The van der Waals surface area contributed by atoms with Crippen molar-refractivity contribution in [3.8, 4) is 11.5 Å². The average molecular weight is 467 g/mol. The lowest BCUT2D eigenvalue weighted by Gasteiger charge is -2.09. The van der Waals surface area contributed by atoms with Crippen molar-refractivity contribution >= 4 is 29.6 Å². The topological polar surface area (TPSA) is 103 Å². The molecule has 0 saturated heterocycles. The summed E-state index contributed by atoms with van der Waals surface area (Å²) >= 11 is 1.28. The number of benzene rings is 2. The molecule has 0 bridgehead atoms. The normalized spacial score (nSPS) is 10.7. The second-order valence-electron chi connectivity index (χ2n) is 6.71. The molecule has 3 aromatic rings. The molecule has 1 amide bonds. The second kappa shape index (κ2) is 12.3. The van der Waals surface area contributed by atoms with E-state index in [4.69, 9.17) is 9.47 Å². The monoisotopic (exact) mass is 466 g/mol. The van der Waals surface area contributed by atoms with Crippen molar-refractivity contribution in [1.82, 2.24) is 20.2 Å². The number of carbonyl (C=O) groups excluding carboxylic acids is 1. The van der Waals surface area contributed by atoms with Gasteiger partial charge in [-0.3, -0.25) is 4.79 Å². The number of thioether (sulfide) groups is 1. The number of amides is 1. The maximum absolute atomic E-state index is 12.3. The Balaban J connectivity index is 1.55. The predicted molar refractivity (Wildman–Crippen MR) is 130 cm³/mol. The van der Waals surface area contributed by atoms with Gasteiger partial charge < -0.3 is 19.4 Å². The van der Waals surface area contributed by atoms with E-state index in [0.29, 0.717) is 35.3 Å². The summed E-state index contributed by atoms with van der Waals surface area (Å²) in [6.07, 6.45) is 3.29. The van der Waals surface area contributed by atoms with E-state index in [-0.39, 0.29) is 11.7 Å². The zero-order valence-corrected chi connectivity index (χ0v) is 19.3. The average Bonchev–Trinajstić information content (AvgIpc) is 3.23. The van der Waals surface area contributed by atoms with Crippen LogP contribution in [0, 0.1) is 0 Å². The molecule has 0 unspecified atom stereocenters. The number of hydrogen-bond donors (Lipinski definition) is 2. The first-order valence-corrected chi connectivity index (χ1v) is 11.1. The van der Waals surface area contributed by atoms with Crippen molar-refractivity contribution in [2.45, 2.75) is 18.2 Å². The van der Waals surface area contributed by atoms with Crippen LogP contribution in [0.1, 0.15) is 11.4 Å². The summed E-state index contributed by atoms with van der Waals surface area (Å²) in [7, 11) is 3.14. The molecule has 1 heterocycles. The molecule has 0 aliphatic heterocycles. The Morgan fingerprint density at radius 2 is 2.00 bits per heavy atom. The smallest absolute Gasteiger partial charge is 0.250 e. The molecule has 1 aromatic heterocycles. The van der Waals surface area contributed by atoms with Crippen LogP contribution in [0.3, 0.4) is 0 Å². The number of carbonyl (C=O) groups is 1. The van der Waals surface area contributed by atoms with E-state index in [1.807, 2.05) is 34.9 Å². The quantitative estimate of drug-likeness (QED) is 0.183. The van der Waals surface area contributed by atoms with Crippen LogP contribution in [0.25, 0.3) is 0 Å². The van der Waals surface area contributed by atoms with E-state index in [2.05, 4.69) is 32.6 Å². The van der Waals surface area contributed by atoms with Crippen LogP contribution in [0.15, 0.2) is 71.4 Å². The molecule has 0 saturated carbocycles. The summed E-state index contributed by atoms with van der Waals surface area (Å²) in [5.41, 5.74) is 4.23. The first-order valence-electron chi connectivity index (χ1n) is 10.1. The number of hydrazone groups is 1. The molecule has 9 nitrogen and oxygen atoms in total. The molecular formula is C23H26N6O3S. The molecule has 2 N–H and O–H groups in total. The number of aromatic nitrogens is 3. The zero-order chi connectivity index (χ0) is 23.5. The van der Waals surface area contributed by atoms with E-state index in [9.17, 15) is 4.79 Å². The summed E-state index contributed by atoms with van der Waals surface area (Å²) in [5.74, 6) is 1.90.